The molecule has 0 radical (unpaired) electrons. The molecular formula is C16H25FN2O4Si. The second kappa shape index (κ2) is 6.00. The van der Waals surface area contributed by atoms with Crippen molar-refractivity contribution in [2.45, 2.75) is 57.4 Å². The molecule has 1 aliphatic heterocycles. The van der Waals surface area contributed by atoms with Crippen molar-refractivity contribution in [1.82, 2.24) is 9.13 Å². The standard InChI is InChI=1S/C16H25FN2O4Si/c1-10-13(23-24(6,7)16(2,3)4)12(17)14(22-10)19-9-8-11(20)18(5)15(19)21/h8-9,12-14H,1H2,2-7H3/t12-,13?,14-/m1/s1. The third-order valence-electron chi connectivity index (χ3n) is 4.87. The van der Waals surface area contributed by atoms with Gasteiger partial charge in [-0.05, 0) is 18.1 Å². The van der Waals surface area contributed by atoms with Crippen LogP contribution in [0.4, 0.5) is 4.39 Å². The molecule has 0 saturated carbocycles. The average Bonchev–Trinajstić information content (AvgIpc) is 2.71. The van der Waals surface area contributed by atoms with E-state index in [-0.39, 0.29) is 10.8 Å². The van der Waals surface area contributed by atoms with E-state index in [1.54, 1.807) is 0 Å². The first-order valence-corrected chi connectivity index (χ1v) is 10.7. The predicted molar refractivity (Wildman–Crippen MR) is 92.2 cm³/mol. The molecule has 0 N–H and O–H groups in total. The highest BCUT2D eigenvalue weighted by atomic mass is 28.4. The lowest BCUT2D eigenvalue weighted by atomic mass is 10.2. The third kappa shape index (κ3) is 3.12. The van der Waals surface area contributed by atoms with Gasteiger partial charge in [0.25, 0.3) is 5.56 Å². The fourth-order valence-electron chi connectivity index (χ4n) is 2.23. The van der Waals surface area contributed by atoms with Crippen molar-refractivity contribution in [1.29, 1.82) is 0 Å². The molecule has 1 aromatic rings. The molecule has 1 unspecified atom stereocenters. The summed E-state index contributed by atoms with van der Waals surface area (Å²) in [6.45, 7) is 13.9. The Morgan fingerprint density at radius 2 is 1.92 bits per heavy atom. The Balaban J connectivity index is 2.33. The SMILES string of the molecule is C=C1O[C@@H](n2ccc(=O)n(C)c2=O)[C@H](F)C1O[Si](C)(C)C(C)(C)C. The number of rotatable bonds is 3. The average molecular weight is 356 g/mol. The molecule has 134 valence electrons. The van der Waals surface area contributed by atoms with Crippen molar-refractivity contribution in [2.24, 2.45) is 7.05 Å². The van der Waals surface area contributed by atoms with E-state index >= 15 is 0 Å². The Morgan fingerprint density at radius 1 is 1.33 bits per heavy atom. The normalized spacial score (nSPS) is 25.0. The smallest absolute Gasteiger partial charge is 0.333 e. The minimum atomic E-state index is -2.24. The second-order valence-electron chi connectivity index (χ2n) is 7.62. The van der Waals surface area contributed by atoms with Crippen molar-refractivity contribution in [3.05, 3.63) is 45.4 Å². The summed E-state index contributed by atoms with van der Waals surface area (Å²) in [6.07, 6.45) is -2.46. The van der Waals surface area contributed by atoms with E-state index < -0.39 is 38.1 Å². The lowest BCUT2D eigenvalue weighted by molar-refractivity contribution is 0.0344. The molecule has 0 bridgehead atoms. The number of hydrogen-bond donors (Lipinski definition) is 0. The molecule has 1 aliphatic rings. The van der Waals surface area contributed by atoms with Gasteiger partial charge in [-0.25, -0.2) is 9.18 Å². The molecule has 0 spiro atoms. The minimum Gasteiger partial charge on any atom is -0.469 e. The first-order valence-electron chi connectivity index (χ1n) is 7.82. The molecule has 0 amide bonds. The summed E-state index contributed by atoms with van der Waals surface area (Å²) in [7, 11) is -0.906. The number of nitrogens with zero attached hydrogens (tertiary/aromatic N) is 2. The maximum Gasteiger partial charge on any atom is 0.333 e. The molecule has 0 aromatic carbocycles. The fraction of sp³-hybridized carbons (Fsp3) is 0.625. The van der Waals surface area contributed by atoms with Gasteiger partial charge in [0.2, 0.25) is 6.23 Å². The highest BCUT2D eigenvalue weighted by Gasteiger charge is 2.49. The zero-order chi connectivity index (χ0) is 18.4. The highest BCUT2D eigenvalue weighted by molar-refractivity contribution is 6.74. The third-order valence-corrected chi connectivity index (χ3v) is 9.32. The van der Waals surface area contributed by atoms with Crippen LogP contribution in [0.1, 0.15) is 27.0 Å². The monoisotopic (exact) mass is 356 g/mol. The van der Waals surface area contributed by atoms with E-state index in [1.165, 1.54) is 19.3 Å². The molecule has 8 heteroatoms. The topological polar surface area (TPSA) is 62.5 Å². The number of aromatic nitrogens is 2. The van der Waals surface area contributed by atoms with Gasteiger partial charge in [0.15, 0.2) is 14.5 Å². The van der Waals surface area contributed by atoms with Crippen LogP contribution in [0.25, 0.3) is 0 Å². The Morgan fingerprint density at radius 3 is 2.46 bits per heavy atom. The maximum absolute atomic E-state index is 15.0. The summed E-state index contributed by atoms with van der Waals surface area (Å²) in [5.74, 6) is 0.165. The molecule has 24 heavy (non-hydrogen) atoms. The van der Waals surface area contributed by atoms with E-state index in [1.807, 2.05) is 13.1 Å². The summed E-state index contributed by atoms with van der Waals surface area (Å²) < 4.78 is 28.5. The van der Waals surface area contributed by atoms with Crippen LogP contribution < -0.4 is 11.2 Å². The summed E-state index contributed by atoms with van der Waals surface area (Å²) in [4.78, 5) is 23.7. The van der Waals surface area contributed by atoms with E-state index in [2.05, 4.69) is 27.4 Å². The summed E-state index contributed by atoms with van der Waals surface area (Å²) >= 11 is 0. The maximum atomic E-state index is 15.0. The second-order valence-corrected chi connectivity index (χ2v) is 12.4. The molecular weight excluding hydrogens is 331 g/mol. The first-order chi connectivity index (χ1) is 10.9. The molecule has 3 atom stereocenters. The van der Waals surface area contributed by atoms with Crippen LogP contribution in [0.2, 0.25) is 18.1 Å². The van der Waals surface area contributed by atoms with Gasteiger partial charge in [-0.15, -0.1) is 0 Å². The zero-order valence-corrected chi connectivity index (χ0v) is 16.0. The molecule has 1 aromatic heterocycles. The molecule has 1 fully saturated rings. The number of hydrogen-bond acceptors (Lipinski definition) is 4. The van der Waals surface area contributed by atoms with Gasteiger partial charge >= 0.3 is 5.69 Å². The Hall–Kier alpha value is -1.67. The van der Waals surface area contributed by atoms with Crippen LogP contribution >= 0.6 is 0 Å². The Labute approximate surface area is 141 Å². The number of ether oxygens (including phenoxy) is 1. The lowest BCUT2D eigenvalue weighted by Gasteiger charge is -2.38. The van der Waals surface area contributed by atoms with Gasteiger partial charge in [0.1, 0.15) is 11.9 Å². The van der Waals surface area contributed by atoms with Crippen molar-refractivity contribution in [3.63, 3.8) is 0 Å². The largest absolute Gasteiger partial charge is 0.469 e. The predicted octanol–water partition coefficient (Wildman–Crippen LogP) is 2.32. The van der Waals surface area contributed by atoms with Crippen molar-refractivity contribution in [3.8, 4) is 0 Å². The van der Waals surface area contributed by atoms with Gasteiger partial charge < -0.3 is 9.16 Å². The van der Waals surface area contributed by atoms with Crippen LogP contribution in [0.15, 0.2) is 34.2 Å². The summed E-state index contributed by atoms with van der Waals surface area (Å²) in [5.41, 5.74) is -1.10. The van der Waals surface area contributed by atoms with Crippen molar-refractivity contribution >= 4 is 8.32 Å². The molecule has 2 heterocycles. The van der Waals surface area contributed by atoms with E-state index in [0.29, 0.717) is 0 Å². The van der Waals surface area contributed by atoms with Crippen LogP contribution in [0.3, 0.4) is 0 Å². The van der Waals surface area contributed by atoms with Gasteiger partial charge in [0, 0.05) is 19.3 Å². The molecule has 6 nitrogen and oxygen atoms in total. The quantitative estimate of drug-likeness (QED) is 0.780. The number of halogens is 1. The van der Waals surface area contributed by atoms with E-state index in [9.17, 15) is 14.0 Å². The Kier molecular flexibility index (Phi) is 4.66. The van der Waals surface area contributed by atoms with Crippen molar-refractivity contribution < 1.29 is 13.6 Å². The summed E-state index contributed by atoms with van der Waals surface area (Å²) in [6, 6.07) is 1.20. The minimum absolute atomic E-state index is 0.0986. The highest BCUT2D eigenvalue weighted by Crippen LogP contribution is 2.42. The fourth-order valence-corrected chi connectivity index (χ4v) is 3.48. The van der Waals surface area contributed by atoms with Gasteiger partial charge in [-0.1, -0.05) is 27.4 Å². The van der Waals surface area contributed by atoms with Crippen LogP contribution in [0.5, 0.6) is 0 Å². The molecule has 2 rings (SSSR count). The molecule has 0 aliphatic carbocycles. The number of alkyl halides is 1. The van der Waals surface area contributed by atoms with Gasteiger partial charge in [-0.3, -0.25) is 13.9 Å². The zero-order valence-electron chi connectivity index (χ0n) is 15.0. The van der Waals surface area contributed by atoms with Crippen LogP contribution in [-0.4, -0.2) is 29.7 Å². The lowest BCUT2D eigenvalue weighted by Crippen LogP contribution is -2.46. The van der Waals surface area contributed by atoms with E-state index in [0.717, 1.165) is 9.13 Å². The molecule has 1 saturated heterocycles. The first kappa shape index (κ1) is 18.7. The van der Waals surface area contributed by atoms with Gasteiger partial charge in [0.05, 0.1) is 0 Å². The van der Waals surface area contributed by atoms with E-state index in [4.69, 9.17) is 9.16 Å². The van der Waals surface area contributed by atoms with Gasteiger partial charge in [-0.2, -0.15) is 0 Å². The summed E-state index contributed by atoms with van der Waals surface area (Å²) in [5, 5.41) is -0.0986. The Bertz CT molecular complexity index is 763. The van der Waals surface area contributed by atoms with Crippen molar-refractivity contribution in [2.75, 3.05) is 0 Å². The van der Waals surface area contributed by atoms with Crippen LogP contribution in [0, 0.1) is 0 Å². The van der Waals surface area contributed by atoms with Crippen LogP contribution in [-0.2, 0) is 16.2 Å².